The average Bonchev–Trinajstić information content (AvgIpc) is 2.54. The van der Waals surface area contributed by atoms with Gasteiger partial charge >= 0.3 is 0 Å². The first-order valence-corrected chi connectivity index (χ1v) is 10.0. The lowest BCUT2D eigenvalue weighted by molar-refractivity contribution is 0.398. The van der Waals surface area contributed by atoms with Gasteiger partial charge in [0.25, 0.3) is 0 Å². The molecule has 0 heterocycles. The Bertz CT molecular complexity index is 380. The second-order valence-electron chi connectivity index (χ2n) is 5.79. The highest BCUT2D eigenvalue weighted by Crippen LogP contribution is 2.22. The van der Waals surface area contributed by atoms with Crippen LogP contribution in [0.2, 0.25) is 0 Å². The topological polar surface area (TPSA) is 3.24 Å². The Morgan fingerprint density at radius 1 is 0.864 bits per heavy atom. The van der Waals surface area contributed by atoms with Crippen molar-refractivity contribution in [2.45, 2.75) is 70.1 Å². The second kappa shape index (κ2) is 13.0. The van der Waals surface area contributed by atoms with Crippen molar-refractivity contribution in [2.75, 3.05) is 13.1 Å². The van der Waals surface area contributed by atoms with Gasteiger partial charge in [0.2, 0.25) is 0 Å². The van der Waals surface area contributed by atoms with Crippen LogP contribution in [-0.4, -0.2) is 22.3 Å². The van der Waals surface area contributed by atoms with Crippen molar-refractivity contribution in [1.29, 1.82) is 0 Å². The highest BCUT2D eigenvalue weighted by Gasteiger charge is 2.10. The molecule has 0 saturated carbocycles. The predicted octanol–water partition coefficient (Wildman–Crippen LogP) is 6.53. The molecule has 1 rings (SSSR count). The standard InChI is InChI=1S/C19H31NS2/c1-3-5-7-12-16-20(17-13-8-6-4-2)19(21)22-18-14-10-9-11-15-18/h9-11,14-15H,3-8,12-13,16-17H2,1-2H3. The van der Waals surface area contributed by atoms with Crippen molar-refractivity contribution in [1.82, 2.24) is 4.90 Å². The lowest BCUT2D eigenvalue weighted by atomic mass is 10.2. The highest BCUT2D eigenvalue weighted by atomic mass is 32.2. The Hall–Kier alpha value is -0.540. The maximum absolute atomic E-state index is 5.70. The zero-order valence-corrected chi connectivity index (χ0v) is 15.9. The van der Waals surface area contributed by atoms with Crippen LogP contribution >= 0.6 is 24.0 Å². The van der Waals surface area contributed by atoms with Crippen LogP contribution in [0.5, 0.6) is 0 Å². The van der Waals surface area contributed by atoms with Crippen LogP contribution < -0.4 is 0 Å². The Kier molecular flexibility index (Phi) is 11.5. The molecule has 124 valence electrons. The van der Waals surface area contributed by atoms with E-state index in [4.69, 9.17) is 12.2 Å². The summed E-state index contributed by atoms with van der Waals surface area (Å²) in [5.74, 6) is 0. The SMILES string of the molecule is CCCCCCN(CCCCCC)C(=S)Sc1ccccc1. The highest BCUT2D eigenvalue weighted by molar-refractivity contribution is 8.22. The van der Waals surface area contributed by atoms with E-state index in [0.29, 0.717) is 0 Å². The van der Waals surface area contributed by atoms with Crippen molar-refractivity contribution in [3.8, 4) is 0 Å². The molecule has 0 radical (unpaired) electrons. The maximum atomic E-state index is 5.70. The molecule has 0 unspecified atom stereocenters. The normalized spacial score (nSPS) is 10.6. The molecule has 0 aliphatic heterocycles. The summed E-state index contributed by atoms with van der Waals surface area (Å²) in [7, 11) is 0. The van der Waals surface area contributed by atoms with Crippen molar-refractivity contribution >= 4 is 28.3 Å². The van der Waals surface area contributed by atoms with Gasteiger partial charge in [-0.05, 0) is 25.0 Å². The Labute approximate surface area is 146 Å². The third kappa shape index (κ3) is 8.79. The van der Waals surface area contributed by atoms with Crippen LogP contribution in [0.25, 0.3) is 0 Å². The van der Waals surface area contributed by atoms with E-state index in [1.54, 1.807) is 11.8 Å². The quantitative estimate of drug-likeness (QED) is 0.257. The Morgan fingerprint density at radius 2 is 1.41 bits per heavy atom. The van der Waals surface area contributed by atoms with Gasteiger partial charge in [0.1, 0.15) is 4.32 Å². The summed E-state index contributed by atoms with van der Waals surface area (Å²) in [6.45, 7) is 6.76. The molecular weight excluding hydrogens is 306 g/mol. The minimum absolute atomic E-state index is 1.04. The van der Waals surface area contributed by atoms with E-state index >= 15 is 0 Å². The van der Waals surface area contributed by atoms with E-state index in [9.17, 15) is 0 Å². The van der Waals surface area contributed by atoms with E-state index in [-0.39, 0.29) is 0 Å². The predicted molar refractivity (Wildman–Crippen MR) is 105 cm³/mol. The second-order valence-corrected chi connectivity index (χ2v) is 7.50. The van der Waals surface area contributed by atoms with Crippen LogP contribution in [0.3, 0.4) is 0 Å². The van der Waals surface area contributed by atoms with Gasteiger partial charge in [-0.15, -0.1) is 0 Å². The fourth-order valence-electron chi connectivity index (χ4n) is 2.41. The Balaban J connectivity index is 2.45. The maximum Gasteiger partial charge on any atom is 0.141 e. The van der Waals surface area contributed by atoms with E-state index < -0.39 is 0 Å². The molecule has 1 nitrogen and oxygen atoms in total. The van der Waals surface area contributed by atoms with E-state index in [2.05, 4.69) is 49.1 Å². The summed E-state index contributed by atoms with van der Waals surface area (Å²) in [6, 6.07) is 10.5. The number of thioether (sulfide) groups is 1. The minimum Gasteiger partial charge on any atom is -0.357 e. The summed E-state index contributed by atoms with van der Waals surface area (Å²) in [5.41, 5.74) is 0. The summed E-state index contributed by atoms with van der Waals surface area (Å²) < 4.78 is 1.04. The van der Waals surface area contributed by atoms with Crippen molar-refractivity contribution in [3.05, 3.63) is 30.3 Å². The van der Waals surface area contributed by atoms with Gasteiger partial charge in [-0.25, -0.2) is 0 Å². The van der Waals surface area contributed by atoms with Gasteiger partial charge in [-0.3, -0.25) is 0 Å². The minimum atomic E-state index is 1.04. The molecule has 22 heavy (non-hydrogen) atoms. The van der Waals surface area contributed by atoms with Crippen LogP contribution in [-0.2, 0) is 0 Å². The fourth-order valence-corrected chi connectivity index (χ4v) is 3.68. The van der Waals surface area contributed by atoms with Crippen molar-refractivity contribution in [3.63, 3.8) is 0 Å². The summed E-state index contributed by atoms with van der Waals surface area (Å²) in [5, 5.41) is 0. The van der Waals surface area contributed by atoms with E-state index in [1.807, 2.05) is 0 Å². The molecule has 0 bridgehead atoms. The number of unbranched alkanes of at least 4 members (excludes halogenated alkanes) is 6. The van der Waals surface area contributed by atoms with E-state index in [1.165, 1.54) is 56.3 Å². The molecule has 3 heteroatoms. The number of hydrogen-bond acceptors (Lipinski definition) is 2. The van der Waals surface area contributed by atoms with Crippen LogP contribution in [0.1, 0.15) is 65.2 Å². The molecule has 0 aromatic heterocycles. The third-order valence-corrected chi connectivity index (χ3v) is 5.22. The molecule has 0 aliphatic rings. The number of hydrogen-bond donors (Lipinski definition) is 0. The first-order valence-electron chi connectivity index (χ1n) is 8.79. The largest absolute Gasteiger partial charge is 0.357 e. The smallest absolute Gasteiger partial charge is 0.141 e. The summed E-state index contributed by atoms with van der Waals surface area (Å²) >= 11 is 7.44. The zero-order valence-electron chi connectivity index (χ0n) is 14.2. The first-order chi connectivity index (χ1) is 10.8. The first kappa shape index (κ1) is 19.5. The number of nitrogens with zero attached hydrogens (tertiary/aromatic N) is 1. The molecular formula is C19H31NS2. The lowest BCUT2D eigenvalue weighted by Crippen LogP contribution is -2.29. The molecule has 0 N–H and O–H groups in total. The van der Waals surface area contributed by atoms with Gasteiger partial charge in [0.15, 0.2) is 0 Å². The van der Waals surface area contributed by atoms with Crippen LogP contribution in [0, 0.1) is 0 Å². The fraction of sp³-hybridized carbons (Fsp3) is 0.632. The van der Waals surface area contributed by atoms with E-state index in [0.717, 1.165) is 17.4 Å². The average molecular weight is 338 g/mol. The number of thiocarbonyl (C=S) groups is 1. The van der Waals surface area contributed by atoms with Crippen molar-refractivity contribution in [2.24, 2.45) is 0 Å². The summed E-state index contributed by atoms with van der Waals surface area (Å²) in [6.07, 6.45) is 10.4. The van der Waals surface area contributed by atoms with Crippen LogP contribution in [0.15, 0.2) is 35.2 Å². The zero-order chi connectivity index (χ0) is 16.0. The molecule has 0 amide bonds. The van der Waals surface area contributed by atoms with Gasteiger partial charge in [-0.1, -0.05) is 94.6 Å². The lowest BCUT2D eigenvalue weighted by Gasteiger charge is -2.25. The van der Waals surface area contributed by atoms with Gasteiger partial charge < -0.3 is 4.90 Å². The molecule has 1 aromatic rings. The molecule has 0 fully saturated rings. The number of rotatable bonds is 11. The Morgan fingerprint density at radius 3 is 1.91 bits per heavy atom. The molecule has 0 atom stereocenters. The van der Waals surface area contributed by atoms with Crippen molar-refractivity contribution < 1.29 is 0 Å². The van der Waals surface area contributed by atoms with Gasteiger partial charge in [0.05, 0.1) is 0 Å². The number of benzene rings is 1. The monoisotopic (exact) mass is 337 g/mol. The molecule has 0 spiro atoms. The molecule has 0 aliphatic carbocycles. The van der Waals surface area contributed by atoms with Gasteiger partial charge in [-0.2, -0.15) is 0 Å². The van der Waals surface area contributed by atoms with Gasteiger partial charge in [0, 0.05) is 18.0 Å². The molecule has 1 aromatic carbocycles. The third-order valence-electron chi connectivity index (χ3n) is 3.77. The summed E-state index contributed by atoms with van der Waals surface area (Å²) in [4.78, 5) is 3.68. The van der Waals surface area contributed by atoms with Crippen LogP contribution in [0.4, 0.5) is 0 Å². The molecule has 0 saturated heterocycles.